The number of aromatic nitrogens is 3. The minimum Gasteiger partial charge on any atom is -0.494 e. The van der Waals surface area contributed by atoms with Crippen LogP contribution in [0.1, 0.15) is 60.5 Å². The van der Waals surface area contributed by atoms with E-state index in [1.165, 1.54) is 34.7 Å². The molecule has 1 fully saturated rings. The van der Waals surface area contributed by atoms with E-state index in [1.54, 1.807) is 42.6 Å². The topological polar surface area (TPSA) is 120 Å². The number of hydrazone groups is 1. The summed E-state index contributed by atoms with van der Waals surface area (Å²) in [4.78, 5) is 17.8. The number of halogens is 1. The minimum atomic E-state index is -0.651. The first-order valence-electron chi connectivity index (χ1n) is 20.4. The first kappa shape index (κ1) is 40.3. The molecular weight excluding hydrogens is 810 g/mol. The Morgan fingerprint density at radius 3 is 2.41 bits per heavy atom. The Kier molecular flexibility index (Phi) is 12.3. The third kappa shape index (κ3) is 9.76. The van der Waals surface area contributed by atoms with Crippen LogP contribution in [0.4, 0.5) is 9.52 Å². The van der Waals surface area contributed by atoms with Gasteiger partial charge in [-0.3, -0.25) is 5.43 Å². The van der Waals surface area contributed by atoms with Gasteiger partial charge in [0.05, 0.1) is 40.3 Å². The molecular formula is C48H42FN5O5S2. The molecule has 1 saturated heterocycles. The van der Waals surface area contributed by atoms with Gasteiger partial charge in [-0.05, 0) is 113 Å². The smallest absolute Gasteiger partial charge is 0.343 e. The van der Waals surface area contributed by atoms with Crippen LogP contribution in [0.3, 0.4) is 0 Å². The molecule has 6 aromatic carbocycles. The van der Waals surface area contributed by atoms with Crippen molar-refractivity contribution >= 4 is 72.4 Å². The molecule has 1 N–H and O–H groups in total. The number of fused-ring (bicyclic) bond motifs is 3. The number of anilines is 1. The molecule has 3 heterocycles. The molecule has 0 aliphatic carbocycles. The molecule has 1 unspecified atom stereocenters. The molecule has 0 spiro atoms. The lowest BCUT2D eigenvalue weighted by Gasteiger charge is -2.12. The zero-order valence-corrected chi connectivity index (χ0v) is 35.1. The largest absolute Gasteiger partial charge is 0.494 e. The highest BCUT2D eigenvalue weighted by atomic mass is 32.1. The number of aryl methyl sites for hydroxylation is 1. The number of rotatable bonds is 18. The van der Waals surface area contributed by atoms with Crippen molar-refractivity contribution in [2.45, 2.75) is 51.7 Å². The van der Waals surface area contributed by atoms with E-state index in [9.17, 15) is 4.79 Å². The van der Waals surface area contributed by atoms with Crippen molar-refractivity contribution in [2.75, 3.05) is 25.2 Å². The summed E-state index contributed by atoms with van der Waals surface area (Å²) in [5, 5.41) is 6.30. The van der Waals surface area contributed by atoms with Crippen molar-refractivity contribution in [3.8, 4) is 33.8 Å². The molecule has 61 heavy (non-hydrogen) atoms. The summed E-state index contributed by atoms with van der Waals surface area (Å²) in [7, 11) is 0. The van der Waals surface area contributed by atoms with Crippen LogP contribution in [0, 0.1) is 5.82 Å². The van der Waals surface area contributed by atoms with E-state index < -0.39 is 11.8 Å². The highest BCUT2D eigenvalue weighted by Crippen LogP contribution is 2.34. The molecule has 0 saturated carbocycles. The van der Waals surface area contributed by atoms with Crippen molar-refractivity contribution < 1.29 is 28.1 Å². The van der Waals surface area contributed by atoms with Gasteiger partial charge in [-0.15, -0.1) is 0 Å². The fourth-order valence-electron chi connectivity index (χ4n) is 7.14. The number of hydrogen-bond donors (Lipinski definition) is 1. The molecule has 1 atom stereocenters. The lowest BCUT2D eigenvalue weighted by molar-refractivity contribution is 0.0477. The molecule has 9 rings (SSSR count). The molecule has 13 heteroatoms. The lowest BCUT2D eigenvalue weighted by atomic mass is 9.93. The molecule has 0 bridgehead atoms. The Hall–Kier alpha value is -6.12. The lowest BCUT2D eigenvalue weighted by Crippen LogP contribution is -2.09. The molecule has 0 amide bonds. The maximum Gasteiger partial charge on any atom is 0.343 e. The van der Waals surface area contributed by atoms with E-state index in [4.69, 9.17) is 23.9 Å². The number of ether oxygens (including phenoxy) is 4. The van der Waals surface area contributed by atoms with Crippen LogP contribution < -0.4 is 14.9 Å². The third-order valence-corrected chi connectivity index (χ3v) is 11.9. The number of esters is 1. The van der Waals surface area contributed by atoms with Crippen LogP contribution in [0.5, 0.6) is 11.5 Å². The summed E-state index contributed by atoms with van der Waals surface area (Å²) < 4.78 is 47.5. The Morgan fingerprint density at radius 2 is 1.61 bits per heavy atom. The average Bonchev–Trinajstić information content (AvgIpc) is 3.86. The maximum absolute atomic E-state index is 15.9. The van der Waals surface area contributed by atoms with Gasteiger partial charge in [0.1, 0.15) is 23.4 Å². The molecule has 1 aliphatic heterocycles. The number of nitrogens with zero attached hydrogens (tertiary/aromatic N) is 4. The second kappa shape index (κ2) is 18.7. The number of carbonyl (C=O) groups is 1. The Labute approximate surface area is 360 Å². The van der Waals surface area contributed by atoms with Gasteiger partial charge in [0.15, 0.2) is 17.9 Å². The third-order valence-electron chi connectivity index (χ3n) is 10.4. The quantitative estimate of drug-likeness (QED) is 0.0225. The highest BCUT2D eigenvalue weighted by Gasteiger charge is 2.22. The zero-order chi connectivity index (χ0) is 41.5. The van der Waals surface area contributed by atoms with Crippen LogP contribution in [0.2, 0.25) is 0 Å². The van der Waals surface area contributed by atoms with Gasteiger partial charge in [-0.2, -0.15) is 13.8 Å². The maximum atomic E-state index is 15.9. The Morgan fingerprint density at radius 1 is 0.852 bits per heavy atom. The normalized spacial score (nSPS) is 13.7. The predicted molar refractivity (Wildman–Crippen MR) is 242 cm³/mol. The summed E-state index contributed by atoms with van der Waals surface area (Å²) in [6.45, 7) is 4.19. The number of carbonyl (C=O) groups excluding carboxylic acids is 1. The summed E-state index contributed by atoms with van der Waals surface area (Å²) in [5.74, 6) is -0.734. The van der Waals surface area contributed by atoms with Gasteiger partial charge < -0.3 is 18.9 Å². The van der Waals surface area contributed by atoms with E-state index in [-0.39, 0.29) is 12.0 Å². The summed E-state index contributed by atoms with van der Waals surface area (Å²) in [6.07, 6.45) is 7.95. The van der Waals surface area contributed by atoms with E-state index in [1.807, 2.05) is 24.3 Å². The summed E-state index contributed by atoms with van der Waals surface area (Å²) >= 11 is 2.69. The van der Waals surface area contributed by atoms with E-state index >= 15 is 4.39 Å². The second-order valence-electron chi connectivity index (χ2n) is 14.8. The number of hydrogen-bond acceptors (Lipinski definition) is 12. The molecule has 308 valence electrons. The number of benzene rings is 6. The van der Waals surface area contributed by atoms with Crippen molar-refractivity contribution in [1.82, 2.24) is 13.7 Å². The van der Waals surface area contributed by atoms with Crippen molar-refractivity contribution in [2.24, 2.45) is 5.10 Å². The summed E-state index contributed by atoms with van der Waals surface area (Å²) in [5.41, 5.74) is 12.1. The van der Waals surface area contributed by atoms with Crippen LogP contribution in [0.15, 0.2) is 114 Å². The fourth-order valence-corrected chi connectivity index (χ4v) is 8.48. The van der Waals surface area contributed by atoms with Gasteiger partial charge in [-0.25, -0.2) is 14.2 Å². The number of nitrogens with one attached hydrogen (secondary N) is 1. The number of epoxide rings is 1. The van der Waals surface area contributed by atoms with Crippen LogP contribution in [-0.4, -0.2) is 52.0 Å². The Bertz CT molecular complexity index is 2790. The molecule has 8 aromatic rings. The summed E-state index contributed by atoms with van der Waals surface area (Å²) in [6, 6.07) is 34.3. The Balaban J connectivity index is 0.881. The van der Waals surface area contributed by atoms with Gasteiger partial charge in [0.25, 0.3) is 0 Å². The van der Waals surface area contributed by atoms with Crippen molar-refractivity contribution in [3.63, 3.8) is 0 Å². The van der Waals surface area contributed by atoms with E-state index in [2.05, 4.69) is 68.7 Å². The monoisotopic (exact) mass is 851 g/mol. The average molecular weight is 852 g/mol. The zero-order valence-electron chi connectivity index (χ0n) is 33.4. The second-order valence-corrected chi connectivity index (χ2v) is 16.4. The van der Waals surface area contributed by atoms with Gasteiger partial charge in [0.2, 0.25) is 5.13 Å². The van der Waals surface area contributed by atoms with E-state index in [0.29, 0.717) is 40.4 Å². The van der Waals surface area contributed by atoms with Crippen molar-refractivity contribution in [1.29, 1.82) is 0 Å². The van der Waals surface area contributed by atoms with Crippen LogP contribution in [0.25, 0.3) is 54.3 Å². The number of unbranched alkanes of at least 4 members (excludes halogenated alkanes) is 3. The standard InChI is InChI=1S/C48H42FN5O5S2/c1-2-7-30-8-10-31(11-9-30)38-19-14-34(25-36(38)28-50-52-48-51-42-26-40-41(54-61-53-40)27-44(42)60-48)33-15-20-39-35(24-33)16-21-43(46(39)49)59-47(55)32-12-17-37(18-13-32)56-22-5-3-4-6-23-57-45-29-58-45/h8-21,24-28,45H,2-7,22-23,29H2,1H3,(H,51,52)/b50-28+. The minimum absolute atomic E-state index is 0.0126. The first-order chi connectivity index (χ1) is 30.0. The van der Waals surface area contributed by atoms with Gasteiger partial charge in [0, 0.05) is 17.6 Å². The molecule has 10 nitrogen and oxygen atoms in total. The first-order valence-corrected chi connectivity index (χ1v) is 22.0. The van der Waals surface area contributed by atoms with Gasteiger partial charge >= 0.3 is 5.97 Å². The number of thiazole rings is 1. The SMILES string of the molecule is CCCc1ccc(-c2ccc(-c3ccc4c(F)c(OC(=O)c5ccc(OCCCCCCOC6CO6)cc5)ccc4c3)cc2/C=N/Nc2nc3cc4nsnc4cc3s2)cc1. The highest BCUT2D eigenvalue weighted by molar-refractivity contribution is 7.22. The molecule has 2 aromatic heterocycles. The van der Waals surface area contributed by atoms with Crippen molar-refractivity contribution in [3.05, 3.63) is 132 Å². The predicted octanol–water partition coefficient (Wildman–Crippen LogP) is 11.9. The molecule has 1 aliphatic rings. The van der Waals surface area contributed by atoms with E-state index in [0.717, 1.165) is 94.2 Å². The van der Waals surface area contributed by atoms with Crippen LogP contribution >= 0.6 is 23.1 Å². The van der Waals surface area contributed by atoms with Crippen LogP contribution in [-0.2, 0) is 15.9 Å². The van der Waals surface area contributed by atoms with Gasteiger partial charge in [-0.1, -0.05) is 85.7 Å². The fraction of sp³-hybridized carbons (Fsp3) is 0.229. The molecule has 0 radical (unpaired) electrons.